The molecular weight excluding hydrogens is 581 g/mol. The Morgan fingerprint density at radius 2 is 1.59 bits per heavy atom. The largest absolute Gasteiger partial charge is 0.352 e. The monoisotopic (exact) mass is 617 g/mol. The fourth-order valence-corrected chi connectivity index (χ4v) is 6.25. The van der Waals surface area contributed by atoms with Crippen LogP contribution in [0.25, 0.3) is 0 Å². The second kappa shape index (κ2) is 14.2. The summed E-state index contributed by atoms with van der Waals surface area (Å²) in [5.74, 6) is -0.831. The van der Waals surface area contributed by atoms with Crippen LogP contribution in [0.4, 0.5) is 5.69 Å². The number of benzene rings is 3. The molecule has 0 bridgehead atoms. The number of amides is 2. The molecule has 41 heavy (non-hydrogen) atoms. The lowest BCUT2D eigenvalue weighted by Gasteiger charge is -2.34. The molecule has 3 rings (SSSR count). The lowest BCUT2D eigenvalue weighted by molar-refractivity contribution is -0.140. The number of halogens is 2. The zero-order valence-corrected chi connectivity index (χ0v) is 26.4. The molecule has 2 atom stereocenters. The Balaban J connectivity index is 2.11. The highest BCUT2D eigenvalue weighted by molar-refractivity contribution is 7.92. The van der Waals surface area contributed by atoms with E-state index in [-0.39, 0.29) is 23.4 Å². The summed E-state index contributed by atoms with van der Waals surface area (Å²) in [7, 11) is -4.14. The zero-order valence-electron chi connectivity index (χ0n) is 24.0. The fraction of sp³-hybridized carbons (Fsp3) is 0.355. The van der Waals surface area contributed by atoms with Crippen LogP contribution < -0.4 is 9.62 Å². The first kappa shape index (κ1) is 32.4. The molecule has 0 aromatic heterocycles. The van der Waals surface area contributed by atoms with Crippen LogP contribution >= 0.6 is 23.2 Å². The lowest BCUT2D eigenvalue weighted by Crippen LogP contribution is -2.53. The molecule has 3 aromatic rings. The second-order valence-electron chi connectivity index (χ2n) is 10.1. The van der Waals surface area contributed by atoms with Gasteiger partial charge in [0, 0.05) is 12.6 Å². The van der Waals surface area contributed by atoms with E-state index in [9.17, 15) is 18.0 Å². The van der Waals surface area contributed by atoms with Gasteiger partial charge in [-0.25, -0.2) is 8.42 Å². The highest BCUT2D eigenvalue weighted by Crippen LogP contribution is 2.30. The molecule has 10 heteroatoms. The molecule has 1 N–H and O–H groups in total. The molecule has 2 amide bonds. The van der Waals surface area contributed by atoms with E-state index >= 15 is 0 Å². The van der Waals surface area contributed by atoms with Crippen molar-refractivity contribution in [3.05, 3.63) is 93.5 Å². The van der Waals surface area contributed by atoms with Gasteiger partial charge in [-0.3, -0.25) is 13.9 Å². The normalized spacial score (nSPS) is 12.9. The summed E-state index contributed by atoms with van der Waals surface area (Å²) in [6.45, 7) is 8.91. The second-order valence-corrected chi connectivity index (χ2v) is 12.7. The maximum atomic E-state index is 14.2. The molecule has 0 aliphatic carbocycles. The summed E-state index contributed by atoms with van der Waals surface area (Å²) >= 11 is 12.4. The Hall–Kier alpha value is -3.07. The third kappa shape index (κ3) is 7.82. The lowest BCUT2D eigenvalue weighted by atomic mass is 10.1. The van der Waals surface area contributed by atoms with E-state index in [1.807, 2.05) is 40.7 Å². The molecule has 0 aliphatic rings. The highest BCUT2D eigenvalue weighted by atomic mass is 35.5. The number of anilines is 1. The fourth-order valence-electron chi connectivity index (χ4n) is 4.43. The summed E-state index contributed by atoms with van der Waals surface area (Å²) in [5, 5.41) is 3.65. The first-order chi connectivity index (χ1) is 19.4. The highest BCUT2D eigenvalue weighted by Gasteiger charge is 2.34. The van der Waals surface area contributed by atoms with Gasteiger partial charge in [-0.15, -0.1) is 0 Å². The van der Waals surface area contributed by atoms with Crippen LogP contribution in [0, 0.1) is 13.8 Å². The van der Waals surface area contributed by atoms with Crippen molar-refractivity contribution in [2.75, 3.05) is 10.8 Å². The topological polar surface area (TPSA) is 86.8 Å². The number of aryl methyl sites for hydroxylation is 1. The summed E-state index contributed by atoms with van der Waals surface area (Å²) < 4.78 is 29.1. The van der Waals surface area contributed by atoms with Crippen molar-refractivity contribution >= 4 is 50.7 Å². The molecule has 2 unspecified atom stereocenters. The number of hydrogen-bond donors (Lipinski definition) is 1. The molecule has 0 radical (unpaired) electrons. The van der Waals surface area contributed by atoms with Crippen molar-refractivity contribution in [3.63, 3.8) is 0 Å². The maximum Gasteiger partial charge on any atom is 0.264 e. The molecule has 0 spiro atoms. The van der Waals surface area contributed by atoms with Gasteiger partial charge in [-0.1, -0.05) is 73.4 Å². The molecule has 7 nitrogen and oxygen atoms in total. The zero-order chi connectivity index (χ0) is 30.3. The first-order valence-electron chi connectivity index (χ1n) is 13.6. The van der Waals surface area contributed by atoms with Gasteiger partial charge in [0.15, 0.2) is 0 Å². The van der Waals surface area contributed by atoms with Crippen molar-refractivity contribution in [1.29, 1.82) is 0 Å². The van der Waals surface area contributed by atoms with Gasteiger partial charge in [0.2, 0.25) is 11.8 Å². The standard InChI is InChI=1S/C31H37Cl2N3O4S/c1-6-22(4)34-31(38)28(7-2)35(19-24-16-17-26(32)27(33)18-24)30(37)20-36(29-15-11-12-21(3)23(29)5)41(39,40)25-13-9-8-10-14-25/h8-18,22,28H,6-7,19-20H2,1-5H3,(H,34,38). The number of nitrogens with zero attached hydrogens (tertiary/aromatic N) is 2. The van der Waals surface area contributed by atoms with Crippen LogP contribution in [0.1, 0.15) is 50.3 Å². The molecule has 220 valence electrons. The van der Waals surface area contributed by atoms with Crippen LogP contribution in [0.15, 0.2) is 71.6 Å². The van der Waals surface area contributed by atoms with Crippen LogP contribution in [-0.2, 0) is 26.2 Å². The molecule has 0 saturated carbocycles. The van der Waals surface area contributed by atoms with Crippen LogP contribution in [0.2, 0.25) is 10.0 Å². The third-order valence-corrected chi connectivity index (χ3v) is 9.69. The van der Waals surface area contributed by atoms with E-state index < -0.39 is 28.5 Å². The average molecular weight is 619 g/mol. The van der Waals surface area contributed by atoms with E-state index in [1.54, 1.807) is 48.5 Å². The van der Waals surface area contributed by atoms with Gasteiger partial charge >= 0.3 is 0 Å². The van der Waals surface area contributed by atoms with Crippen molar-refractivity contribution < 1.29 is 18.0 Å². The molecular formula is C31H37Cl2N3O4S. The quantitative estimate of drug-likeness (QED) is 0.250. The number of carbonyl (C=O) groups is 2. The SMILES string of the molecule is CCC(C)NC(=O)C(CC)N(Cc1ccc(Cl)c(Cl)c1)C(=O)CN(c1cccc(C)c1C)S(=O)(=O)c1ccccc1. The smallest absolute Gasteiger partial charge is 0.264 e. The maximum absolute atomic E-state index is 14.2. The Kier molecular flexibility index (Phi) is 11.2. The number of rotatable bonds is 12. The van der Waals surface area contributed by atoms with Crippen LogP contribution in [-0.4, -0.2) is 43.8 Å². The van der Waals surface area contributed by atoms with Gasteiger partial charge in [-0.2, -0.15) is 0 Å². The van der Waals surface area contributed by atoms with Crippen molar-refractivity contribution in [2.24, 2.45) is 0 Å². The summed E-state index contributed by atoms with van der Waals surface area (Å²) in [6, 6.07) is 17.4. The van der Waals surface area contributed by atoms with Crippen LogP contribution in [0.5, 0.6) is 0 Å². The van der Waals surface area contributed by atoms with E-state index in [0.717, 1.165) is 21.9 Å². The van der Waals surface area contributed by atoms with Gasteiger partial charge in [0.1, 0.15) is 12.6 Å². The minimum atomic E-state index is -4.14. The number of hydrogen-bond acceptors (Lipinski definition) is 4. The first-order valence-corrected chi connectivity index (χ1v) is 15.8. The van der Waals surface area contributed by atoms with E-state index in [0.29, 0.717) is 27.7 Å². The minimum Gasteiger partial charge on any atom is -0.352 e. The summed E-state index contributed by atoms with van der Waals surface area (Å²) in [6.07, 6.45) is 1.04. The number of nitrogens with one attached hydrogen (secondary N) is 1. The number of carbonyl (C=O) groups excluding carboxylic acids is 2. The average Bonchev–Trinajstić information content (AvgIpc) is 2.95. The van der Waals surface area contributed by atoms with Gasteiger partial charge in [0.25, 0.3) is 10.0 Å². The molecule has 0 aliphatic heterocycles. The molecule has 3 aromatic carbocycles. The van der Waals surface area contributed by atoms with Gasteiger partial charge in [0.05, 0.1) is 20.6 Å². The van der Waals surface area contributed by atoms with Gasteiger partial charge in [-0.05, 0) is 80.6 Å². The van der Waals surface area contributed by atoms with Crippen molar-refractivity contribution in [3.8, 4) is 0 Å². The van der Waals surface area contributed by atoms with Crippen molar-refractivity contribution in [1.82, 2.24) is 10.2 Å². The molecule has 0 fully saturated rings. The Labute approximate surface area is 253 Å². The predicted octanol–water partition coefficient (Wildman–Crippen LogP) is 6.53. The number of sulfonamides is 1. The summed E-state index contributed by atoms with van der Waals surface area (Å²) in [5.41, 5.74) is 2.67. The van der Waals surface area contributed by atoms with E-state index in [2.05, 4.69) is 5.32 Å². The van der Waals surface area contributed by atoms with E-state index in [1.165, 1.54) is 17.0 Å². The molecule has 0 saturated heterocycles. The molecule has 0 heterocycles. The van der Waals surface area contributed by atoms with Gasteiger partial charge < -0.3 is 10.2 Å². The third-order valence-electron chi connectivity index (χ3n) is 7.18. The Bertz CT molecular complexity index is 1480. The van der Waals surface area contributed by atoms with E-state index in [4.69, 9.17) is 23.2 Å². The predicted molar refractivity (Wildman–Crippen MR) is 166 cm³/mol. The van der Waals surface area contributed by atoms with Crippen molar-refractivity contribution in [2.45, 2.75) is 71.0 Å². The Morgan fingerprint density at radius 3 is 2.20 bits per heavy atom. The minimum absolute atomic E-state index is 0.0359. The summed E-state index contributed by atoms with van der Waals surface area (Å²) in [4.78, 5) is 29.1. The Morgan fingerprint density at radius 1 is 0.902 bits per heavy atom. The van der Waals surface area contributed by atoms with Crippen LogP contribution in [0.3, 0.4) is 0 Å².